The van der Waals surface area contributed by atoms with Crippen molar-refractivity contribution >= 4 is 17.3 Å². The molecule has 3 rings (SSSR count). The quantitative estimate of drug-likeness (QED) is 0.924. The Labute approximate surface area is 119 Å². The van der Waals surface area contributed by atoms with Crippen molar-refractivity contribution in [2.45, 2.75) is 12.6 Å². The molecule has 20 heavy (non-hydrogen) atoms. The number of ether oxygens (including phenoxy) is 1. The summed E-state index contributed by atoms with van der Waals surface area (Å²) in [6, 6.07) is 3.26. The Morgan fingerprint density at radius 3 is 3.25 bits per heavy atom. The first-order valence-electron chi connectivity index (χ1n) is 6.27. The van der Waals surface area contributed by atoms with E-state index in [1.54, 1.807) is 17.6 Å². The number of carbonyl (C=O) groups is 1. The van der Waals surface area contributed by atoms with Crippen molar-refractivity contribution in [3.63, 3.8) is 0 Å². The topological polar surface area (TPSA) is 75.8 Å². The van der Waals surface area contributed by atoms with Crippen molar-refractivity contribution in [2.75, 3.05) is 19.8 Å². The smallest absolute Gasteiger partial charge is 0.323 e. The van der Waals surface area contributed by atoms with E-state index in [4.69, 9.17) is 9.15 Å². The average molecular weight is 294 g/mol. The number of hydrogen-bond acceptors (Lipinski definition) is 6. The Morgan fingerprint density at radius 2 is 2.50 bits per heavy atom. The molecule has 1 aliphatic heterocycles. The fourth-order valence-corrected chi connectivity index (χ4v) is 2.81. The van der Waals surface area contributed by atoms with Gasteiger partial charge in [-0.1, -0.05) is 6.07 Å². The third-order valence-corrected chi connectivity index (χ3v) is 4.03. The van der Waals surface area contributed by atoms with Gasteiger partial charge in [0.15, 0.2) is 0 Å². The molecule has 3 heterocycles. The second-order valence-electron chi connectivity index (χ2n) is 4.52. The number of carboxylic acids is 1. The minimum atomic E-state index is -0.869. The molecular formula is C13H14N2O4S. The molecule has 1 N–H and O–H groups in total. The molecule has 1 fully saturated rings. The molecule has 0 spiro atoms. The lowest BCUT2D eigenvalue weighted by Crippen LogP contribution is -2.49. The van der Waals surface area contributed by atoms with Crippen LogP contribution in [0.15, 0.2) is 28.2 Å². The van der Waals surface area contributed by atoms with E-state index < -0.39 is 12.0 Å². The molecule has 0 saturated carbocycles. The first-order chi connectivity index (χ1) is 9.74. The van der Waals surface area contributed by atoms with Gasteiger partial charge in [0.1, 0.15) is 12.3 Å². The summed E-state index contributed by atoms with van der Waals surface area (Å²) in [5.74, 6) is -0.290. The second-order valence-corrected chi connectivity index (χ2v) is 5.47. The van der Waals surface area contributed by atoms with Gasteiger partial charge in [0, 0.05) is 13.1 Å². The van der Waals surface area contributed by atoms with Gasteiger partial charge in [-0.15, -0.1) is 11.3 Å². The lowest BCUT2D eigenvalue weighted by molar-refractivity contribution is -0.150. The molecule has 1 atom stereocenters. The molecule has 106 valence electrons. The van der Waals surface area contributed by atoms with Crippen LogP contribution in [0, 0.1) is 0 Å². The molecule has 0 radical (unpaired) electrons. The third kappa shape index (κ3) is 2.74. The van der Waals surface area contributed by atoms with Gasteiger partial charge in [-0.2, -0.15) is 0 Å². The number of oxazole rings is 1. The van der Waals surface area contributed by atoms with Crippen LogP contribution in [0.1, 0.15) is 5.69 Å². The van der Waals surface area contributed by atoms with Gasteiger partial charge < -0.3 is 14.3 Å². The molecule has 1 saturated heterocycles. The van der Waals surface area contributed by atoms with Gasteiger partial charge in [0.2, 0.25) is 5.89 Å². The standard InChI is InChI=1S/C13H14N2O4S/c16-13(17)10-8-18-4-3-15(10)6-9-7-19-12(14-9)11-2-1-5-20-11/h1-2,5,7,10H,3-4,6,8H2,(H,16,17). The highest BCUT2D eigenvalue weighted by Gasteiger charge is 2.29. The Kier molecular flexibility index (Phi) is 3.81. The van der Waals surface area contributed by atoms with Crippen molar-refractivity contribution in [3.05, 3.63) is 29.5 Å². The summed E-state index contributed by atoms with van der Waals surface area (Å²) >= 11 is 1.56. The summed E-state index contributed by atoms with van der Waals surface area (Å²) in [6.45, 7) is 1.79. The lowest BCUT2D eigenvalue weighted by Gasteiger charge is -2.31. The zero-order valence-corrected chi connectivity index (χ0v) is 11.5. The summed E-state index contributed by atoms with van der Waals surface area (Å²) in [4.78, 5) is 18.4. The van der Waals surface area contributed by atoms with E-state index in [0.717, 1.165) is 10.6 Å². The fraction of sp³-hybridized carbons (Fsp3) is 0.385. The Balaban J connectivity index is 1.72. The molecule has 1 aliphatic rings. The summed E-state index contributed by atoms with van der Waals surface area (Å²) in [5.41, 5.74) is 0.738. The first kappa shape index (κ1) is 13.3. The van der Waals surface area contributed by atoms with Crippen LogP contribution in [-0.2, 0) is 16.1 Å². The van der Waals surface area contributed by atoms with Crippen molar-refractivity contribution < 1.29 is 19.1 Å². The van der Waals surface area contributed by atoms with Crippen LogP contribution in [-0.4, -0.2) is 46.8 Å². The fourth-order valence-electron chi connectivity index (χ4n) is 2.16. The Hall–Kier alpha value is -1.70. The van der Waals surface area contributed by atoms with Crippen LogP contribution in [0.4, 0.5) is 0 Å². The molecule has 0 aromatic carbocycles. The van der Waals surface area contributed by atoms with Crippen molar-refractivity contribution in [1.29, 1.82) is 0 Å². The summed E-state index contributed by atoms with van der Waals surface area (Å²) in [5, 5.41) is 11.1. The van der Waals surface area contributed by atoms with E-state index >= 15 is 0 Å². The third-order valence-electron chi connectivity index (χ3n) is 3.17. The molecule has 0 aliphatic carbocycles. The van der Waals surface area contributed by atoms with Crippen LogP contribution >= 0.6 is 11.3 Å². The highest BCUT2D eigenvalue weighted by Crippen LogP contribution is 2.24. The number of aromatic nitrogens is 1. The molecule has 7 heteroatoms. The van der Waals surface area contributed by atoms with Crippen LogP contribution in [0.2, 0.25) is 0 Å². The van der Waals surface area contributed by atoms with E-state index in [1.165, 1.54) is 0 Å². The summed E-state index contributed by atoms with van der Waals surface area (Å²) < 4.78 is 10.7. The van der Waals surface area contributed by atoms with E-state index in [2.05, 4.69) is 4.98 Å². The maximum absolute atomic E-state index is 11.2. The number of morpholine rings is 1. The van der Waals surface area contributed by atoms with Gasteiger partial charge in [0.25, 0.3) is 0 Å². The number of rotatable bonds is 4. The van der Waals surface area contributed by atoms with Crippen LogP contribution in [0.5, 0.6) is 0 Å². The van der Waals surface area contributed by atoms with E-state index in [9.17, 15) is 9.90 Å². The van der Waals surface area contributed by atoms with E-state index in [0.29, 0.717) is 25.6 Å². The monoisotopic (exact) mass is 294 g/mol. The summed E-state index contributed by atoms with van der Waals surface area (Å²) in [7, 11) is 0. The number of hydrogen-bond donors (Lipinski definition) is 1. The Morgan fingerprint density at radius 1 is 1.60 bits per heavy atom. The number of thiophene rings is 1. The van der Waals surface area contributed by atoms with Crippen LogP contribution in [0.25, 0.3) is 10.8 Å². The highest BCUT2D eigenvalue weighted by molar-refractivity contribution is 7.13. The summed E-state index contributed by atoms with van der Waals surface area (Å²) in [6.07, 6.45) is 1.59. The van der Waals surface area contributed by atoms with Crippen molar-refractivity contribution in [2.24, 2.45) is 0 Å². The minimum absolute atomic E-state index is 0.213. The number of nitrogens with zero attached hydrogens (tertiary/aromatic N) is 2. The normalized spacial score (nSPS) is 20.1. The van der Waals surface area contributed by atoms with E-state index in [1.807, 2.05) is 22.4 Å². The number of aliphatic carboxylic acids is 1. The van der Waals surface area contributed by atoms with Gasteiger partial charge in [-0.3, -0.25) is 9.69 Å². The van der Waals surface area contributed by atoms with Crippen LogP contribution < -0.4 is 0 Å². The Bertz CT molecular complexity index is 581. The van der Waals surface area contributed by atoms with Gasteiger partial charge in [-0.05, 0) is 11.4 Å². The predicted octanol–water partition coefficient (Wildman–Crippen LogP) is 1.69. The van der Waals surface area contributed by atoms with Crippen molar-refractivity contribution in [3.8, 4) is 10.8 Å². The molecule has 0 bridgehead atoms. The molecule has 1 unspecified atom stereocenters. The average Bonchev–Trinajstić information content (AvgIpc) is 3.09. The van der Waals surface area contributed by atoms with Gasteiger partial charge in [0.05, 0.1) is 23.8 Å². The SMILES string of the molecule is O=C(O)C1COCCN1Cc1coc(-c2cccs2)n1. The maximum Gasteiger partial charge on any atom is 0.323 e. The molecule has 2 aromatic heterocycles. The molecule has 2 aromatic rings. The van der Waals surface area contributed by atoms with Gasteiger partial charge >= 0.3 is 5.97 Å². The molecule has 6 nitrogen and oxygen atoms in total. The number of carboxylic acid groups (broad SMARTS) is 1. The van der Waals surface area contributed by atoms with Crippen molar-refractivity contribution in [1.82, 2.24) is 9.88 Å². The zero-order valence-electron chi connectivity index (χ0n) is 10.7. The van der Waals surface area contributed by atoms with E-state index in [-0.39, 0.29) is 6.61 Å². The minimum Gasteiger partial charge on any atom is -0.480 e. The van der Waals surface area contributed by atoms with Crippen LogP contribution in [0.3, 0.4) is 0 Å². The van der Waals surface area contributed by atoms with Gasteiger partial charge in [-0.25, -0.2) is 4.98 Å². The molecular weight excluding hydrogens is 280 g/mol. The predicted molar refractivity (Wildman–Crippen MR) is 72.5 cm³/mol. The zero-order chi connectivity index (χ0) is 13.9. The first-order valence-corrected chi connectivity index (χ1v) is 7.15. The lowest BCUT2D eigenvalue weighted by atomic mass is 10.2. The largest absolute Gasteiger partial charge is 0.480 e. The molecule has 0 amide bonds. The maximum atomic E-state index is 11.2. The second kappa shape index (κ2) is 5.74. The highest BCUT2D eigenvalue weighted by atomic mass is 32.1.